The van der Waals surface area contributed by atoms with Crippen LogP contribution in [0.5, 0.6) is 0 Å². The molecule has 0 unspecified atom stereocenters. The van der Waals surface area contributed by atoms with Crippen molar-refractivity contribution in [2.24, 2.45) is 0 Å². The third-order valence-corrected chi connectivity index (χ3v) is 5.49. The number of halogens is 1. The van der Waals surface area contributed by atoms with Gasteiger partial charge in [0.1, 0.15) is 5.82 Å². The number of nitrogens with zero attached hydrogens (tertiary/aromatic N) is 1. The maximum absolute atomic E-state index is 13.8. The first-order chi connectivity index (χ1) is 15.0. The third-order valence-electron chi connectivity index (χ3n) is 5.49. The van der Waals surface area contributed by atoms with Crippen LogP contribution in [0.1, 0.15) is 32.6 Å². The van der Waals surface area contributed by atoms with Crippen LogP contribution in [0.4, 0.5) is 10.1 Å². The zero-order valence-corrected chi connectivity index (χ0v) is 17.1. The standard InChI is InChI=1S/C26H23FN2O2/c1-2-18-7-9-20(10-8-18)26(31)29-14-13-19-11-12-23(15-22(19)17-29)28-25(30)16-21-5-3-4-6-24(21)27/h2-12,15H,1,13-14,16-17H2,(H,28,30). The summed E-state index contributed by atoms with van der Waals surface area (Å²) in [6.07, 6.45) is 2.47. The molecule has 156 valence electrons. The molecule has 2 amide bonds. The van der Waals surface area contributed by atoms with Crippen molar-refractivity contribution >= 4 is 23.6 Å². The van der Waals surface area contributed by atoms with E-state index in [2.05, 4.69) is 11.9 Å². The Hall–Kier alpha value is -3.73. The number of anilines is 1. The quantitative estimate of drug-likeness (QED) is 0.649. The van der Waals surface area contributed by atoms with Crippen molar-refractivity contribution in [3.63, 3.8) is 0 Å². The van der Waals surface area contributed by atoms with Gasteiger partial charge in [0.05, 0.1) is 6.42 Å². The van der Waals surface area contributed by atoms with E-state index >= 15 is 0 Å². The Morgan fingerprint density at radius 2 is 1.81 bits per heavy atom. The summed E-state index contributed by atoms with van der Waals surface area (Å²) in [5, 5.41) is 2.84. The topological polar surface area (TPSA) is 49.4 Å². The van der Waals surface area contributed by atoms with Gasteiger partial charge >= 0.3 is 0 Å². The fourth-order valence-electron chi connectivity index (χ4n) is 3.77. The van der Waals surface area contributed by atoms with Gasteiger partial charge in [-0.05, 0) is 59.0 Å². The number of hydrogen-bond acceptors (Lipinski definition) is 2. The van der Waals surface area contributed by atoms with Crippen molar-refractivity contribution in [2.45, 2.75) is 19.4 Å². The predicted octanol–water partition coefficient (Wildman–Crippen LogP) is 4.85. The number of amides is 2. The Bertz CT molecular complexity index is 1140. The average Bonchev–Trinajstić information content (AvgIpc) is 2.79. The molecule has 1 heterocycles. The van der Waals surface area contributed by atoms with Gasteiger partial charge in [0.2, 0.25) is 5.91 Å². The Kier molecular flexibility index (Phi) is 5.94. The molecule has 0 radical (unpaired) electrons. The van der Waals surface area contributed by atoms with Crippen molar-refractivity contribution in [1.29, 1.82) is 0 Å². The molecule has 1 aliphatic heterocycles. The van der Waals surface area contributed by atoms with Gasteiger partial charge in [0.15, 0.2) is 0 Å². The summed E-state index contributed by atoms with van der Waals surface area (Å²) in [7, 11) is 0. The van der Waals surface area contributed by atoms with Crippen LogP contribution < -0.4 is 5.32 Å². The fourth-order valence-corrected chi connectivity index (χ4v) is 3.77. The summed E-state index contributed by atoms with van der Waals surface area (Å²) in [6, 6.07) is 19.4. The number of rotatable bonds is 5. The van der Waals surface area contributed by atoms with E-state index < -0.39 is 5.82 Å². The Labute approximate surface area is 181 Å². The van der Waals surface area contributed by atoms with Gasteiger partial charge in [0.25, 0.3) is 5.91 Å². The van der Waals surface area contributed by atoms with Crippen LogP contribution in [-0.2, 0) is 24.2 Å². The predicted molar refractivity (Wildman–Crippen MR) is 120 cm³/mol. The Morgan fingerprint density at radius 1 is 1.03 bits per heavy atom. The largest absolute Gasteiger partial charge is 0.334 e. The van der Waals surface area contributed by atoms with E-state index in [0.29, 0.717) is 29.9 Å². The molecular formula is C26H23FN2O2. The molecule has 0 spiro atoms. The lowest BCUT2D eigenvalue weighted by Crippen LogP contribution is -2.36. The zero-order chi connectivity index (χ0) is 21.8. The molecule has 3 aromatic rings. The van der Waals surface area contributed by atoms with Crippen molar-refractivity contribution in [1.82, 2.24) is 4.90 Å². The van der Waals surface area contributed by atoms with E-state index in [-0.39, 0.29) is 18.2 Å². The maximum atomic E-state index is 13.8. The van der Waals surface area contributed by atoms with E-state index in [1.807, 2.05) is 47.4 Å². The minimum Gasteiger partial charge on any atom is -0.334 e. The SMILES string of the molecule is C=Cc1ccc(C(=O)N2CCc3ccc(NC(=O)Cc4ccccc4F)cc3C2)cc1. The lowest BCUT2D eigenvalue weighted by atomic mass is 9.98. The second-order valence-electron chi connectivity index (χ2n) is 7.60. The molecular weight excluding hydrogens is 391 g/mol. The number of carbonyl (C=O) groups is 2. The lowest BCUT2D eigenvalue weighted by Gasteiger charge is -2.29. The molecule has 1 N–H and O–H groups in total. The molecule has 5 heteroatoms. The van der Waals surface area contributed by atoms with Gasteiger partial charge < -0.3 is 10.2 Å². The third kappa shape index (κ3) is 4.72. The average molecular weight is 414 g/mol. The normalized spacial score (nSPS) is 12.7. The smallest absolute Gasteiger partial charge is 0.254 e. The van der Waals surface area contributed by atoms with Gasteiger partial charge in [-0.1, -0.05) is 49.1 Å². The van der Waals surface area contributed by atoms with Crippen LogP contribution in [0.25, 0.3) is 6.08 Å². The fraction of sp³-hybridized carbons (Fsp3) is 0.154. The van der Waals surface area contributed by atoms with E-state index in [4.69, 9.17) is 0 Å². The van der Waals surface area contributed by atoms with E-state index in [1.54, 1.807) is 24.3 Å². The first-order valence-corrected chi connectivity index (χ1v) is 10.2. The second kappa shape index (κ2) is 8.96. The molecule has 1 aliphatic rings. The van der Waals surface area contributed by atoms with Crippen LogP contribution in [0, 0.1) is 5.82 Å². The summed E-state index contributed by atoms with van der Waals surface area (Å²) >= 11 is 0. The van der Waals surface area contributed by atoms with Crippen LogP contribution in [-0.4, -0.2) is 23.3 Å². The summed E-state index contributed by atoms with van der Waals surface area (Å²) in [5.74, 6) is -0.690. The highest BCUT2D eigenvalue weighted by molar-refractivity contribution is 5.95. The summed E-state index contributed by atoms with van der Waals surface area (Å²) in [5.41, 5.74) is 4.78. The molecule has 0 fully saturated rings. The zero-order valence-electron chi connectivity index (χ0n) is 17.1. The highest BCUT2D eigenvalue weighted by atomic mass is 19.1. The number of fused-ring (bicyclic) bond motifs is 1. The van der Waals surface area contributed by atoms with Crippen molar-refractivity contribution in [3.8, 4) is 0 Å². The summed E-state index contributed by atoms with van der Waals surface area (Å²) in [6.45, 7) is 4.86. The molecule has 0 aromatic heterocycles. The van der Waals surface area contributed by atoms with Crippen molar-refractivity contribution in [2.75, 3.05) is 11.9 Å². The minimum atomic E-state index is -0.390. The van der Waals surface area contributed by atoms with E-state index in [1.165, 1.54) is 6.07 Å². The lowest BCUT2D eigenvalue weighted by molar-refractivity contribution is -0.115. The molecule has 0 saturated carbocycles. The summed E-state index contributed by atoms with van der Waals surface area (Å²) in [4.78, 5) is 27.1. The van der Waals surface area contributed by atoms with Gasteiger partial charge in [-0.15, -0.1) is 0 Å². The van der Waals surface area contributed by atoms with E-state index in [0.717, 1.165) is 23.1 Å². The summed E-state index contributed by atoms with van der Waals surface area (Å²) < 4.78 is 13.8. The monoisotopic (exact) mass is 414 g/mol. The molecule has 0 saturated heterocycles. The van der Waals surface area contributed by atoms with Crippen LogP contribution in [0.2, 0.25) is 0 Å². The minimum absolute atomic E-state index is 0.0183. The number of hydrogen-bond donors (Lipinski definition) is 1. The van der Waals surface area contributed by atoms with Crippen LogP contribution in [0.3, 0.4) is 0 Å². The van der Waals surface area contributed by atoms with E-state index in [9.17, 15) is 14.0 Å². The molecule has 0 aliphatic carbocycles. The molecule has 4 nitrogen and oxygen atoms in total. The molecule has 3 aromatic carbocycles. The Morgan fingerprint density at radius 3 is 2.55 bits per heavy atom. The Balaban J connectivity index is 1.44. The highest BCUT2D eigenvalue weighted by Crippen LogP contribution is 2.24. The van der Waals surface area contributed by atoms with Crippen molar-refractivity contribution < 1.29 is 14.0 Å². The second-order valence-corrected chi connectivity index (χ2v) is 7.60. The molecule has 4 rings (SSSR count). The highest BCUT2D eigenvalue weighted by Gasteiger charge is 2.22. The first-order valence-electron chi connectivity index (χ1n) is 10.2. The van der Waals surface area contributed by atoms with Gasteiger partial charge in [-0.25, -0.2) is 4.39 Å². The molecule has 0 atom stereocenters. The van der Waals surface area contributed by atoms with Gasteiger partial charge in [-0.3, -0.25) is 9.59 Å². The van der Waals surface area contributed by atoms with Crippen molar-refractivity contribution in [3.05, 3.63) is 107 Å². The number of nitrogens with one attached hydrogen (secondary N) is 1. The van der Waals surface area contributed by atoms with Gasteiger partial charge in [0, 0.05) is 24.3 Å². The molecule has 31 heavy (non-hydrogen) atoms. The number of benzene rings is 3. The number of carbonyl (C=O) groups excluding carboxylic acids is 2. The first kappa shape index (κ1) is 20.5. The van der Waals surface area contributed by atoms with Crippen LogP contribution >= 0.6 is 0 Å². The van der Waals surface area contributed by atoms with Gasteiger partial charge in [-0.2, -0.15) is 0 Å². The maximum Gasteiger partial charge on any atom is 0.254 e. The van der Waals surface area contributed by atoms with Crippen LogP contribution in [0.15, 0.2) is 73.3 Å². The molecule has 0 bridgehead atoms.